The number of rotatable bonds is 16. The number of hydrogen-bond donors (Lipinski definition) is 3. The van der Waals surface area contributed by atoms with E-state index >= 15 is 0 Å². The summed E-state index contributed by atoms with van der Waals surface area (Å²) in [6.45, 7) is 16.6. The molecule has 0 aromatic heterocycles. The molecule has 33 heavy (non-hydrogen) atoms. The second-order valence-corrected chi connectivity index (χ2v) is 11.0. The number of benzene rings is 1. The van der Waals surface area contributed by atoms with E-state index in [0.29, 0.717) is 35.4 Å². The van der Waals surface area contributed by atoms with E-state index in [9.17, 15) is 15.3 Å². The Kier molecular flexibility index (Phi) is 12.9. The van der Waals surface area contributed by atoms with Crippen molar-refractivity contribution >= 4 is 6.08 Å². The van der Waals surface area contributed by atoms with Gasteiger partial charge in [0.1, 0.15) is 11.5 Å². The van der Waals surface area contributed by atoms with E-state index in [0.717, 1.165) is 24.7 Å². The first kappa shape index (κ1) is 29.3. The van der Waals surface area contributed by atoms with E-state index in [2.05, 4.69) is 34.3 Å². The first-order valence-corrected chi connectivity index (χ1v) is 13.0. The topological polar surface area (TPSA) is 60.7 Å². The van der Waals surface area contributed by atoms with Crippen LogP contribution in [0, 0.1) is 24.7 Å². The summed E-state index contributed by atoms with van der Waals surface area (Å²) in [6.07, 6.45) is 16.3. The first-order chi connectivity index (χ1) is 15.5. The fourth-order valence-corrected chi connectivity index (χ4v) is 4.52. The van der Waals surface area contributed by atoms with Crippen molar-refractivity contribution in [1.29, 1.82) is 0 Å². The standard InChI is InChI=1S/C30H50O3/c1-8-12-26-27(29(32)25(6)21-28(26)31)18-20-30(7,33)19-11-17-24(5)16-10-15-23(4)14-9-13-22(2)3/h8,18,20-24,31-33H,1,9-17,19H2,2-7H3/t23-,24-,30-/m1/s1. The Morgan fingerprint density at radius 1 is 0.939 bits per heavy atom. The molecule has 3 nitrogen and oxygen atoms in total. The van der Waals surface area contributed by atoms with Gasteiger partial charge in [0.05, 0.1) is 5.60 Å². The lowest BCUT2D eigenvalue weighted by Crippen LogP contribution is -2.20. The van der Waals surface area contributed by atoms with Crippen LogP contribution in [0.1, 0.15) is 109 Å². The summed E-state index contributed by atoms with van der Waals surface area (Å²) < 4.78 is 0. The third kappa shape index (κ3) is 11.3. The molecule has 0 aliphatic rings. The van der Waals surface area contributed by atoms with Crippen molar-refractivity contribution < 1.29 is 15.3 Å². The van der Waals surface area contributed by atoms with Crippen LogP contribution in [0.15, 0.2) is 24.8 Å². The quantitative estimate of drug-likeness (QED) is 0.172. The Bertz CT molecular complexity index is 745. The monoisotopic (exact) mass is 458 g/mol. The number of aromatic hydroxyl groups is 2. The van der Waals surface area contributed by atoms with Crippen LogP contribution in [0.4, 0.5) is 0 Å². The highest BCUT2D eigenvalue weighted by atomic mass is 16.3. The minimum atomic E-state index is -0.956. The van der Waals surface area contributed by atoms with Crippen LogP contribution >= 0.6 is 0 Å². The molecule has 3 atom stereocenters. The maximum absolute atomic E-state index is 10.9. The van der Waals surface area contributed by atoms with Gasteiger partial charge in [0, 0.05) is 11.1 Å². The van der Waals surface area contributed by atoms with E-state index in [1.807, 2.05) is 6.92 Å². The van der Waals surface area contributed by atoms with E-state index < -0.39 is 5.60 Å². The van der Waals surface area contributed by atoms with Gasteiger partial charge >= 0.3 is 0 Å². The van der Waals surface area contributed by atoms with Gasteiger partial charge in [-0.3, -0.25) is 0 Å². The highest BCUT2D eigenvalue weighted by molar-refractivity contribution is 5.67. The summed E-state index contributed by atoms with van der Waals surface area (Å²) in [5, 5.41) is 31.6. The summed E-state index contributed by atoms with van der Waals surface area (Å²) in [4.78, 5) is 0. The molecule has 0 saturated carbocycles. The number of aryl methyl sites for hydroxylation is 1. The Morgan fingerprint density at radius 3 is 2.03 bits per heavy atom. The van der Waals surface area contributed by atoms with Gasteiger partial charge in [0.15, 0.2) is 0 Å². The lowest BCUT2D eigenvalue weighted by Gasteiger charge is -2.21. The lowest BCUT2D eigenvalue weighted by atomic mass is 9.90. The molecule has 0 aliphatic heterocycles. The fourth-order valence-electron chi connectivity index (χ4n) is 4.52. The Hall–Kier alpha value is -1.74. The molecule has 0 heterocycles. The molecule has 188 valence electrons. The molecule has 0 fully saturated rings. The van der Waals surface area contributed by atoms with Gasteiger partial charge in [0.25, 0.3) is 0 Å². The van der Waals surface area contributed by atoms with Crippen LogP contribution in [0.3, 0.4) is 0 Å². The molecule has 1 aromatic carbocycles. The molecule has 3 N–H and O–H groups in total. The van der Waals surface area contributed by atoms with Crippen molar-refractivity contribution in [3.63, 3.8) is 0 Å². The van der Waals surface area contributed by atoms with Crippen molar-refractivity contribution in [1.82, 2.24) is 0 Å². The molecule has 1 aromatic rings. The van der Waals surface area contributed by atoms with Gasteiger partial charge in [-0.25, -0.2) is 0 Å². The summed E-state index contributed by atoms with van der Waals surface area (Å²) in [5.74, 6) is 2.60. The third-order valence-corrected chi connectivity index (χ3v) is 6.83. The van der Waals surface area contributed by atoms with E-state index in [1.54, 1.807) is 31.2 Å². The zero-order valence-electron chi connectivity index (χ0n) is 22.2. The van der Waals surface area contributed by atoms with Crippen LogP contribution in [0.25, 0.3) is 6.08 Å². The molecule has 0 bridgehead atoms. The van der Waals surface area contributed by atoms with Crippen molar-refractivity contribution in [2.45, 2.75) is 111 Å². The van der Waals surface area contributed by atoms with Crippen LogP contribution in [-0.4, -0.2) is 20.9 Å². The molecule has 1 rings (SSSR count). The molecule has 0 unspecified atom stereocenters. The Labute approximate surface area is 203 Å². The molecular weight excluding hydrogens is 408 g/mol. The summed E-state index contributed by atoms with van der Waals surface area (Å²) in [7, 11) is 0. The first-order valence-electron chi connectivity index (χ1n) is 13.0. The van der Waals surface area contributed by atoms with Crippen LogP contribution in [0.2, 0.25) is 0 Å². The Balaban J connectivity index is 2.49. The largest absolute Gasteiger partial charge is 0.508 e. The van der Waals surface area contributed by atoms with Crippen LogP contribution in [-0.2, 0) is 6.42 Å². The van der Waals surface area contributed by atoms with Gasteiger partial charge in [0.2, 0.25) is 0 Å². The van der Waals surface area contributed by atoms with Crippen LogP contribution in [0.5, 0.6) is 11.5 Å². The molecule has 0 radical (unpaired) electrons. The molecular formula is C30H50O3. The minimum Gasteiger partial charge on any atom is -0.508 e. The third-order valence-electron chi connectivity index (χ3n) is 6.83. The van der Waals surface area contributed by atoms with Crippen molar-refractivity contribution in [3.8, 4) is 11.5 Å². The van der Waals surface area contributed by atoms with Crippen molar-refractivity contribution in [2.24, 2.45) is 17.8 Å². The van der Waals surface area contributed by atoms with Gasteiger partial charge in [-0.2, -0.15) is 0 Å². The number of aliphatic hydroxyl groups is 1. The van der Waals surface area contributed by atoms with Crippen molar-refractivity contribution in [3.05, 3.63) is 41.5 Å². The van der Waals surface area contributed by atoms with Gasteiger partial charge in [-0.15, -0.1) is 6.58 Å². The predicted octanol–water partition coefficient (Wildman–Crippen LogP) is 8.34. The van der Waals surface area contributed by atoms with Gasteiger partial charge < -0.3 is 15.3 Å². The van der Waals surface area contributed by atoms with E-state index in [1.165, 1.54) is 38.5 Å². The number of phenols is 2. The second kappa shape index (κ2) is 14.5. The van der Waals surface area contributed by atoms with Gasteiger partial charge in [-0.1, -0.05) is 97.3 Å². The number of allylic oxidation sites excluding steroid dienone is 1. The second-order valence-electron chi connectivity index (χ2n) is 11.0. The van der Waals surface area contributed by atoms with E-state index in [-0.39, 0.29) is 11.5 Å². The zero-order valence-corrected chi connectivity index (χ0v) is 22.2. The highest BCUT2D eigenvalue weighted by Crippen LogP contribution is 2.35. The smallest absolute Gasteiger partial charge is 0.126 e. The predicted molar refractivity (Wildman–Crippen MR) is 143 cm³/mol. The normalized spacial score (nSPS) is 15.6. The summed E-state index contributed by atoms with van der Waals surface area (Å²) in [5.41, 5.74) is 0.848. The maximum Gasteiger partial charge on any atom is 0.126 e. The lowest BCUT2D eigenvalue weighted by molar-refractivity contribution is 0.0979. The average molecular weight is 459 g/mol. The van der Waals surface area contributed by atoms with Gasteiger partial charge in [-0.05, 0) is 56.1 Å². The zero-order chi connectivity index (χ0) is 25.0. The Morgan fingerprint density at radius 2 is 1.48 bits per heavy atom. The molecule has 0 aliphatic carbocycles. The van der Waals surface area contributed by atoms with Crippen LogP contribution < -0.4 is 0 Å². The number of phenolic OH excluding ortho intramolecular Hbond substituents is 2. The molecule has 0 spiro atoms. The molecule has 0 amide bonds. The van der Waals surface area contributed by atoms with E-state index in [4.69, 9.17) is 0 Å². The minimum absolute atomic E-state index is 0.142. The molecule has 3 heteroatoms. The number of hydrogen-bond acceptors (Lipinski definition) is 3. The average Bonchev–Trinajstić information content (AvgIpc) is 2.71. The highest BCUT2D eigenvalue weighted by Gasteiger charge is 2.19. The van der Waals surface area contributed by atoms with Crippen molar-refractivity contribution in [2.75, 3.05) is 0 Å². The maximum atomic E-state index is 10.9. The summed E-state index contributed by atoms with van der Waals surface area (Å²) in [6, 6.07) is 1.57. The fraction of sp³-hybridized carbons (Fsp3) is 0.667. The molecule has 0 saturated heterocycles. The SMILES string of the molecule is C=CCc1c(O)cc(C)c(O)c1C=C[C@](C)(O)CCC[C@H](C)CCC[C@H](C)CCCC(C)C. The summed E-state index contributed by atoms with van der Waals surface area (Å²) >= 11 is 0.